The maximum Gasteiger partial charge on any atom is 0.249 e. The van der Waals surface area contributed by atoms with Gasteiger partial charge in [-0.15, -0.1) is 5.10 Å². The summed E-state index contributed by atoms with van der Waals surface area (Å²) in [5, 5.41) is 22.2. The number of ether oxygens (including phenoxy) is 2. The predicted molar refractivity (Wildman–Crippen MR) is 150 cm³/mol. The lowest BCUT2D eigenvalue weighted by Crippen LogP contribution is -2.48. The Balaban J connectivity index is 1.58. The first-order valence-electron chi connectivity index (χ1n) is 13.4. The third-order valence-corrected chi connectivity index (χ3v) is 7.30. The van der Waals surface area contributed by atoms with Crippen LogP contribution in [0.2, 0.25) is 0 Å². The Hall–Kier alpha value is -4.60. The first-order valence-corrected chi connectivity index (χ1v) is 13.4. The molecule has 0 unspecified atom stereocenters. The van der Waals surface area contributed by atoms with Crippen molar-refractivity contribution in [2.75, 3.05) is 19.1 Å². The molecule has 1 fully saturated rings. The smallest absolute Gasteiger partial charge is 0.249 e. The normalized spacial score (nSPS) is 14.4. The molecule has 1 atom stereocenters. The number of hydrogen-bond acceptors (Lipinski definition) is 7. The topological polar surface area (TPSA) is 119 Å². The number of amides is 2. The molecule has 40 heavy (non-hydrogen) atoms. The zero-order valence-electron chi connectivity index (χ0n) is 22.6. The van der Waals surface area contributed by atoms with E-state index in [1.165, 1.54) is 22.8 Å². The van der Waals surface area contributed by atoms with E-state index in [2.05, 4.69) is 15.6 Å². The van der Waals surface area contributed by atoms with E-state index in [0.717, 1.165) is 32.1 Å². The lowest BCUT2D eigenvalue weighted by Gasteiger charge is -2.33. The third-order valence-electron chi connectivity index (χ3n) is 7.30. The van der Waals surface area contributed by atoms with Gasteiger partial charge in [0.05, 0.1) is 19.7 Å². The largest absolute Gasteiger partial charge is 0.504 e. The van der Waals surface area contributed by atoms with Crippen LogP contribution in [0.15, 0.2) is 66.7 Å². The fourth-order valence-electron chi connectivity index (χ4n) is 5.24. The number of fused-ring (bicyclic) bond motifs is 1. The summed E-state index contributed by atoms with van der Waals surface area (Å²) in [6.07, 6.45) is 4.99. The number of nitrogens with one attached hydrogen (secondary N) is 1. The second kappa shape index (κ2) is 12.1. The average Bonchev–Trinajstić information content (AvgIpc) is 3.39. The molecule has 1 aliphatic carbocycles. The number of carbonyl (C=O) groups excluding carboxylic acids is 2. The summed E-state index contributed by atoms with van der Waals surface area (Å²) in [6, 6.07) is 18.0. The molecule has 10 nitrogen and oxygen atoms in total. The second-order valence-corrected chi connectivity index (χ2v) is 9.87. The second-order valence-electron chi connectivity index (χ2n) is 9.87. The van der Waals surface area contributed by atoms with Gasteiger partial charge in [-0.2, -0.15) is 0 Å². The van der Waals surface area contributed by atoms with Gasteiger partial charge in [-0.05, 0) is 66.9 Å². The number of aromatic hydroxyl groups is 1. The average molecular weight is 544 g/mol. The van der Waals surface area contributed by atoms with Crippen LogP contribution in [0.1, 0.15) is 43.7 Å². The van der Waals surface area contributed by atoms with Gasteiger partial charge >= 0.3 is 0 Å². The van der Waals surface area contributed by atoms with E-state index in [-0.39, 0.29) is 35.9 Å². The molecule has 2 amide bonds. The lowest BCUT2D eigenvalue weighted by molar-refractivity contribution is -0.127. The number of benzene rings is 3. The summed E-state index contributed by atoms with van der Waals surface area (Å²) in [5.41, 5.74) is 2.31. The van der Waals surface area contributed by atoms with E-state index in [9.17, 15) is 14.7 Å². The zero-order chi connectivity index (χ0) is 28.1. The molecule has 5 rings (SSSR count). The Kier molecular flexibility index (Phi) is 8.14. The van der Waals surface area contributed by atoms with Gasteiger partial charge in [-0.25, -0.2) is 4.68 Å². The van der Waals surface area contributed by atoms with Crippen LogP contribution in [0.3, 0.4) is 0 Å². The first-order chi connectivity index (χ1) is 19.5. The quantitative estimate of drug-likeness (QED) is 0.322. The monoisotopic (exact) mass is 543 g/mol. The standard InChI is InChI=1S/C30H33N5O5/c1-39-23-15-13-22(14-16-23)35(28(37)19-34-25-11-7-6-10-24(25)32-33-34)29(20-12-17-27(40-2)26(36)18-20)30(38)31-21-8-4-3-5-9-21/h6-7,10-18,21,29,36H,3-5,8-9,19H2,1-2H3,(H,31,38)/t29-/m0/s1. The van der Waals surface area contributed by atoms with Crippen molar-refractivity contribution in [1.82, 2.24) is 20.3 Å². The van der Waals surface area contributed by atoms with Crippen molar-refractivity contribution in [3.63, 3.8) is 0 Å². The molecular formula is C30H33N5O5. The number of anilines is 1. The van der Waals surface area contributed by atoms with Crippen molar-refractivity contribution in [1.29, 1.82) is 0 Å². The molecule has 0 saturated heterocycles. The van der Waals surface area contributed by atoms with Crippen LogP contribution in [-0.4, -0.2) is 52.2 Å². The Bertz CT molecular complexity index is 1480. The molecule has 10 heteroatoms. The molecule has 0 spiro atoms. The van der Waals surface area contributed by atoms with Crippen molar-refractivity contribution >= 4 is 28.5 Å². The highest BCUT2D eigenvalue weighted by Gasteiger charge is 2.35. The van der Waals surface area contributed by atoms with E-state index in [0.29, 0.717) is 28.0 Å². The number of rotatable bonds is 9. The van der Waals surface area contributed by atoms with Gasteiger partial charge in [-0.3, -0.25) is 14.5 Å². The summed E-state index contributed by atoms with van der Waals surface area (Å²) in [7, 11) is 3.02. The highest BCUT2D eigenvalue weighted by atomic mass is 16.5. The third kappa shape index (κ3) is 5.70. The van der Waals surface area contributed by atoms with Crippen molar-refractivity contribution in [3.8, 4) is 17.2 Å². The van der Waals surface area contributed by atoms with Crippen LogP contribution in [-0.2, 0) is 16.1 Å². The Morgan fingerprint density at radius 2 is 1.77 bits per heavy atom. The number of aromatic nitrogens is 3. The van der Waals surface area contributed by atoms with Crippen molar-refractivity contribution in [3.05, 3.63) is 72.3 Å². The number of nitrogens with zero attached hydrogens (tertiary/aromatic N) is 4. The maximum atomic E-state index is 14.2. The molecule has 2 N–H and O–H groups in total. The molecule has 1 aromatic heterocycles. The van der Waals surface area contributed by atoms with Crippen molar-refractivity contribution in [2.45, 2.75) is 50.7 Å². The van der Waals surface area contributed by atoms with Crippen LogP contribution >= 0.6 is 0 Å². The van der Waals surface area contributed by atoms with Gasteiger partial charge in [0.15, 0.2) is 11.5 Å². The highest BCUT2D eigenvalue weighted by molar-refractivity contribution is 6.01. The van der Waals surface area contributed by atoms with E-state index in [4.69, 9.17) is 9.47 Å². The summed E-state index contributed by atoms with van der Waals surface area (Å²) in [4.78, 5) is 29.7. The van der Waals surface area contributed by atoms with Crippen molar-refractivity contribution in [2.24, 2.45) is 0 Å². The molecule has 208 valence electrons. The molecule has 1 heterocycles. The van der Waals surface area contributed by atoms with E-state index in [1.54, 1.807) is 43.5 Å². The number of hydrogen-bond donors (Lipinski definition) is 2. The van der Waals surface area contributed by atoms with Crippen LogP contribution in [0, 0.1) is 0 Å². The summed E-state index contributed by atoms with van der Waals surface area (Å²) < 4.78 is 12.1. The summed E-state index contributed by atoms with van der Waals surface area (Å²) in [6.45, 7) is -0.151. The SMILES string of the molecule is COc1ccc(N(C(=O)Cn2nnc3ccccc32)[C@H](C(=O)NC2CCCCC2)c2ccc(OC)c(O)c2)cc1. The minimum atomic E-state index is -1.07. The van der Waals surface area contributed by atoms with Gasteiger partial charge < -0.3 is 19.9 Å². The Labute approximate surface area is 232 Å². The van der Waals surface area contributed by atoms with E-state index in [1.807, 2.05) is 24.3 Å². The zero-order valence-corrected chi connectivity index (χ0v) is 22.6. The molecule has 4 aromatic rings. The number of methoxy groups -OCH3 is 2. The van der Waals surface area contributed by atoms with Crippen molar-refractivity contribution < 1.29 is 24.2 Å². The highest BCUT2D eigenvalue weighted by Crippen LogP contribution is 2.35. The van der Waals surface area contributed by atoms with Gasteiger partial charge in [0.2, 0.25) is 11.8 Å². The molecule has 0 aliphatic heterocycles. The number of para-hydroxylation sites is 1. The molecule has 1 aliphatic rings. The van der Waals surface area contributed by atoms with Crippen LogP contribution in [0.5, 0.6) is 17.2 Å². The number of phenolic OH excluding ortho intramolecular Hbond substituents is 1. The van der Waals surface area contributed by atoms with Gasteiger partial charge in [0, 0.05) is 11.7 Å². The van der Waals surface area contributed by atoms with Gasteiger partial charge in [-0.1, -0.05) is 42.7 Å². The maximum absolute atomic E-state index is 14.2. The fraction of sp³-hybridized carbons (Fsp3) is 0.333. The number of phenols is 1. The Morgan fingerprint density at radius 3 is 2.48 bits per heavy atom. The van der Waals surface area contributed by atoms with Crippen LogP contribution < -0.4 is 19.7 Å². The minimum absolute atomic E-state index is 0.0164. The molecule has 0 bridgehead atoms. The van der Waals surface area contributed by atoms with Crippen LogP contribution in [0.25, 0.3) is 11.0 Å². The number of carbonyl (C=O) groups is 2. The predicted octanol–water partition coefficient (Wildman–Crippen LogP) is 4.38. The summed E-state index contributed by atoms with van der Waals surface area (Å²) >= 11 is 0. The summed E-state index contributed by atoms with van der Waals surface area (Å²) in [5.74, 6) is 0.0548. The van der Waals surface area contributed by atoms with E-state index < -0.39 is 6.04 Å². The van der Waals surface area contributed by atoms with Crippen LogP contribution in [0.4, 0.5) is 5.69 Å². The fourth-order valence-corrected chi connectivity index (χ4v) is 5.24. The van der Waals surface area contributed by atoms with E-state index >= 15 is 0 Å². The minimum Gasteiger partial charge on any atom is -0.504 e. The molecule has 0 radical (unpaired) electrons. The van der Waals surface area contributed by atoms with Gasteiger partial charge in [0.25, 0.3) is 0 Å². The molecule has 1 saturated carbocycles. The molecular weight excluding hydrogens is 510 g/mol. The first kappa shape index (κ1) is 27.0. The van der Waals surface area contributed by atoms with Gasteiger partial charge in [0.1, 0.15) is 23.9 Å². The lowest BCUT2D eigenvalue weighted by atomic mass is 9.94. The Morgan fingerprint density at radius 1 is 1.02 bits per heavy atom. The molecule has 3 aromatic carbocycles.